The SMILES string of the molecule is CS(=O)(=O)/C=C/CCN. The highest BCUT2D eigenvalue weighted by Crippen LogP contribution is 1.86. The van der Waals surface area contributed by atoms with E-state index in [9.17, 15) is 8.42 Å². The molecule has 9 heavy (non-hydrogen) atoms. The molecule has 0 rings (SSSR count). The molecule has 0 aliphatic rings. The molecule has 0 amide bonds. The van der Waals surface area contributed by atoms with Gasteiger partial charge in [0.05, 0.1) is 0 Å². The highest BCUT2D eigenvalue weighted by molar-refractivity contribution is 7.93. The van der Waals surface area contributed by atoms with Crippen molar-refractivity contribution in [2.75, 3.05) is 12.8 Å². The Kier molecular flexibility index (Phi) is 3.49. The van der Waals surface area contributed by atoms with Gasteiger partial charge in [0.25, 0.3) is 0 Å². The van der Waals surface area contributed by atoms with Gasteiger partial charge in [0.15, 0.2) is 9.84 Å². The Morgan fingerprint density at radius 1 is 1.56 bits per heavy atom. The predicted octanol–water partition coefficient (Wildman–Crippen LogP) is -0.106. The molecule has 0 aromatic rings. The van der Waals surface area contributed by atoms with Crippen LogP contribution in [0.2, 0.25) is 0 Å². The van der Waals surface area contributed by atoms with E-state index in [1.54, 1.807) is 6.08 Å². The van der Waals surface area contributed by atoms with Gasteiger partial charge >= 0.3 is 0 Å². The second-order valence-electron chi connectivity index (χ2n) is 1.78. The summed E-state index contributed by atoms with van der Waals surface area (Å²) >= 11 is 0. The number of sulfone groups is 1. The van der Waals surface area contributed by atoms with Crippen molar-refractivity contribution in [2.24, 2.45) is 5.73 Å². The zero-order chi connectivity index (χ0) is 7.33. The summed E-state index contributed by atoms with van der Waals surface area (Å²) in [6.45, 7) is 0.492. The van der Waals surface area contributed by atoms with Gasteiger partial charge in [-0.05, 0) is 13.0 Å². The molecule has 0 saturated carbocycles. The molecule has 0 aromatic carbocycles. The van der Waals surface area contributed by atoms with Crippen LogP contribution in [0.25, 0.3) is 0 Å². The van der Waals surface area contributed by atoms with Crippen LogP contribution in [0.15, 0.2) is 11.5 Å². The molecule has 0 spiro atoms. The van der Waals surface area contributed by atoms with Crippen molar-refractivity contribution in [1.82, 2.24) is 0 Å². The van der Waals surface area contributed by atoms with E-state index < -0.39 is 9.84 Å². The third-order valence-electron chi connectivity index (χ3n) is 0.677. The summed E-state index contributed by atoms with van der Waals surface area (Å²) in [5.41, 5.74) is 5.11. The molecule has 0 radical (unpaired) electrons. The van der Waals surface area contributed by atoms with Gasteiger partial charge in [-0.3, -0.25) is 0 Å². The van der Waals surface area contributed by atoms with Gasteiger partial charge in [-0.15, -0.1) is 0 Å². The Balaban J connectivity index is 3.73. The summed E-state index contributed by atoms with van der Waals surface area (Å²) in [4.78, 5) is 0. The highest BCUT2D eigenvalue weighted by Gasteiger charge is 1.89. The third kappa shape index (κ3) is 7.65. The minimum absolute atomic E-state index is 0.492. The average Bonchev–Trinajstić information content (AvgIpc) is 1.63. The summed E-state index contributed by atoms with van der Waals surface area (Å²) < 4.78 is 20.8. The fourth-order valence-electron chi connectivity index (χ4n) is 0.339. The molecular weight excluding hydrogens is 138 g/mol. The standard InChI is InChI=1S/C5H11NO2S/c1-9(7,8)5-3-2-4-6/h3,5H,2,4,6H2,1H3/b5-3+. The summed E-state index contributed by atoms with van der Waals surface area (Å²) in [7, 11) is -2.93. The van der Waals surface area contributed by atoms with E-state index in [1.807, 2.05) is 0 Å². The molecule has 0 unspecified atom stereocenters. The smallest absolute Gasteiger partial charge is 0.168 e. The summed E-state index contributed by atoms with van der Waals surface area (Å²) in [5, 5.41) is 1.17. The first-order chi connectivity index (χ1) is 4.06. The van der Waals surface area contributed by atoms with Crippen molar-refractivity contribution in [3.63, 3.8) is 0 Å². The Bertz CT molecular complexity index is 181. The maximum atomic E-state index is 10.4. The van der Waals surface area contributed by atoms with Crippen molar-refractivity contribution < 1.29 is 8.42 Å². The van der Waals surface area contributed by atoms with Gasteiger partial charge in [0, 0.05) is 11.7 Å². The molecule has 54 valence electrons. The first kappa shape index (κ1) is 8.65. The van der Waals surface area contributed by atoms with Gasteiger partial charge < -0.3 is 5.73 Å². The average molecular weight is 149 g/mol. The molecule has 0 aliphatic heterocycles. The quantitative estimate of drug-likeness (QED) is 0.609. The molecule has 0 aliphatic carbocycles. The van der Waals surface area contributed by atoms with E-state index in [-0.39, 0.29) is 0 Å². The fourth-order valence-corrected chi connectivity index (χ4v) is 0.825. The van der Waals surface area contributed by atoms with Crippen molar-refractivity contribution >= 4 is 9.84 Å². The van der Waals surface area contributed by atoms with E-state index in [0.717, 1.165) is 6.26 Å². The van der Waals surface area contributed by atoms with E-state index in [2.05, 4.69) is 0 Å². The Hall–Kier alpha value is -0.350. The van der Waals surface area contributed by atoms with Crippen LogP contribution in [0.5, 0.6) is 0 Å². The fraction of sp³-hybridized carbons (Fsp3) is 0.600. The number of hydrogen-bond donors (Lipinski definition) is 1. The van der Waals surface area contributed by atoms with Crippen LogP contribution in [0.4, 0.5) is 0 Å². The number of nitrogens with two attached hydrogens (primary N) is 1. The van der Waals surface area contributed by atoms with Gasteiger partial charge in [-0.25, -0.2) is 8.42 Å². The first-order valence-electron chi connectivity index (χ1n) is 2.63. The van der Waals surface area contributed by atoms with Crippen molar-refractivity contribution in [2.45, 2.75) is 6.42 Å². The zero-order valence-electron chi connectivity index (χ0n) is 5.37. The van der Waals surface area contributed by atoms with Crippen LogP contribution in [0, 0.1) is 0 Å². The van der Waals surface area contributed by atoms with Crippen molar-refractivity contribution in [3.8, 4) is 0 Å². The maximum Gasteiger partial charge on any atom is 0.168 e. The van der Waals surface area contributed by atoms with Crippen LogP contribution in [-0.4, -0.2) is 21.2 Å². The highest BCUT2D eigenvalue weighted by atomic mass is 32.2. The Morgan fingerprint density at radius 3 is 2.44 bits per heavy atom. The molecule has 4 heteroatoms. The second-order valence-corrected chi connectivity index (χ2v) is 3.71. The van der Waals surface area contributed by atoms with Gasteiger partial charge in [-0.1, -0.05) is 6.08 Å². The third-order valence-corrected chi connectivity index (χ3v) is 1.36. The molecule has 0 aromatic heterocycles. The lowest BCUT2D eigenvalue weighted by Crippen LogP contribution is -1.96. The lowest BCUT2D eigenvalue weighted by atomic mass is 10.4. The van der Waals surface area contributed by atoms with Gasteiger partial charge in [0.2, 0.25) is 0 Å². The van der Waals surface area contributed by atoms with Crippen molar-refractivity contribution in [3.05, 3.63) is 11.5 Å². The van der Waals surface area contributed by atoms with Crippen LogP contribution in [-0.2, 0) is 9.84 Å². The largest absolute Gasteiger partial charge is 0.330 e. The molecule has 3 nitrogen and oxygen atoms in total. The monoisotopic (exact) mass is 149 g/mol. The van der Waals surface area contributed by atoms with E-state index in [1.165, 1.54) is 5.41 Å². The van der Waals surface area contributed by atoms with E-state index >= 15 is 0 Å². The van der Waals surface area contributed by atoms with Crippen LogP contribution in [0.1, 0.15) is 6.42 Å². The lowest BCUT2D eigenvalue weighted by molar-refractivity contribution is 0.610. The molecule has 0 fully saturated rings. The van der Waals surface area contributed by atoms with E-state index in [4.69, 9.17) is 5.73 Å². The first-order valence-corrected chi connectivity index (χ1v) is 4.58. The Morgan fingerprint density at radius 2 is 2.11 bits per heavy atom. The van der Waals surface area contributed by atoms with Crippen LogP contribution in [0.3, 0.4) is 0 Å². The minimum Gasteiger partial charge on any atom is -0.330 e. The molecule has 0 heterocycles. The van der Waals surface area contributed by atoms with E-state index in [0.29, 0.717) is 13.0 Å². The number of rotatable bonds is 3. The van der Waals surface area contributed by atoms with Gasteiger partial charge in [0.1, 0.15) is 0 Å². The predicted molar refractivity (Wildman–Crippen MR) is 37.7 cm³/mol. The molecular formula is C5H11NO2S. The number of hydrogen-bond acceptors (Lipinski definition) is 3. The molecule has 0 bridgehead atoms. The second kappa shape index (κ2) is 3.63. The zero-order valence-corrected chi connectivity index (χ0v) is 6.19. The topological polar surface area (TPSA) is 60.2 Å². The van der Waals surface area contributed by atoms with Crippen LogP contribution >= 0.6 is 0 Å². The summed E-state index contributed by atoms with van der Waals surface area (Å²) in [5.74, 6) is 0. The minimum atomic E-state index is -2.93. The summed E-state index contributed by atoms with van der Waals surface area (Å²) in [6, 6.07) is 0. The maximum absolute atomic E-state index is 10.4. The molecule has 0 saturated heterocycles. The molecule has 2 N–H and O–H groups in total. The normalized spacial score (nSPS) is 12.7. The van der Waals surface area contributed by atoms with Crippen LogP contribution < -0.4 is 5.73 Å². The molecule has 0 atom stereocenters. The van der Waals surface area contributed by atoms with Gasteiger partial charge in [-0.2, -0.15) is 0 Å². The summed E-state index contributed by atoms with van der Waals surface area (Å²) in [6.07, 6.45) is 3.32. The lowest BCUT2D eigenvalue weighted by Gasteiger charge is -1.84. The van der Waals surface area contributed by atoms with Crippen molar-refractivity contribution in [1.29, 1.82) is 0 Å². The Labute approximate surface area is 55.5 Å².